The van der Waals surface area contributed by atoms with Crippen molar-refractivity contribution in [1.29, 1.82) is 0 Å². The van der Waals surface area contributed by atoms with E-state index in [1.807, 2.05) is 0 Å². The van der Waals surface area contributed by atoms with Crippen LogP contribution in [0.4, 0.5) is 0 Å². The second-order valence-corrected chi connectivity index (χ2v) is 15.7. The molecule has 6 heteroatoms. The Kier molecular flexibility index (Phi) is 36.0. The van der Waals surface area contributed by atoms with Crippen LogP contribution in [0.3, 0.4) is 0 Å². The minimum atomic E-state index is -0.758. The lowest BCUT2D eigenvalue weighted by Gasteiger charge is -2.18. The molecule has 296 valence electrons. The van der Waals surface area contributed by atoms with Gasteiger partial charge in [0.25, 0.3) is 0 Å². The smallest absolute Gasteiger partial charge is 0.306 e. The van der Waals surface area contributed by atoms with Gasteiger partial charge in [0.2, 0.25) is 0 Å². The van der Waals surface area contributed by atoms with Crippen molar-refractivity contribution in [3.05, 3.63) is 0 Å². The van der Waals surface area contributed by atoms with Gasteiger partial charge in [-0.2, -0.15) is 0 Å². The third kappa shape index (κ3) is 36.2. The molecule has 0 bridgehead atoms. The molecule has 0 aromatic heterocycles. The fourth-order valence-corrected chi connectivity index (χ4v) is 6.37. The highest BCUT2D eigenvalue weighted by Gasteiger charge is 2.19. The van der Waals surface area contributed by atoms with Crippen LogP contribution in [0.25, 0.3) is 0 Å². The quantitative estimate of drug-likeness (QED) is 0.0361. The maximum Gasteiger partial charge on any atom is 0.306 e. The predicted molar refractivity (Wildman–Crippen MR) is 210 cm³/mol. The second-order valence-electron chi connectivity index (χ2n) is 15.7. The molecule has 0 aromatic carbocycles. The summed E-state index contributed by atoms with van der Waals surface area (Å²) in [5.74, 6) is 0.782. The monoisotopic (exact) mass is 709 g/mol. The van der Waals surface area contributed by atoms with Gasteiger partial charge in [0.05, 0.1) is 0 Å². The molecule has 0 fully saturated rings. The Labute approximate surface area is 310 Å². The third-order valence-corrected chi connectivity index (χ3v) is 10.1. The van der Waals surface area contributed by atoms with Crippen molar-refractivity contribution in [3.8, 4) is 0 Å². The maximum absolute atomic E-state index is 12.5. The Bertz CT molecular complexity index is 766. The van der Waals surface area contributed by atoms with E-state index in [9.17, 15) is 14.4 Å². The van der Waals surface area contributed by atoms with E-state index in [1.165, 1.54) is 116 Å². The fourth-order valence-electron chi connectivity index (χ4n) is 6.37. The van der Waals surface area contributed by atoms with E-state index < -0.39 is 6.10 Å². The van der Waals surface area contributed by atoms with Crippen LogP contribution >= 0.6 is 0 Å². The Balaban J connectivity index is 4.13. The van der Waals surface area contributed by atoms with E-state index in [2.05, 4.69) is 34.6 Å². The van der Waals surface area contributed by atoms with Crippen LogP contribution in [0.15, 0.2) is 0 Å². The molecule has 0 rings (SSSR count). The molecule has 0 aromatic rings. The summed E-state index contributed by atoms with van der Waals surface area (Å²) in [7, 11) is 0. The number of unbranched alkanes of at least 4 members (excludes halogenated alkanes) is 22. The molecular weight excluding hydrogens is 624 g/mol. The Morgan fingerprint density at radius 1 is 0.420 bits per heavy atom. The zero-order valence-electron chi connectivity index (χ0n) is 34.0. The normalized spacial score (nSPS) is 12.6. The molecule has 0 aliphatic rings. The number of carbonyl (C=O) groups excluding carboxylic acids is 3. The van der Waals surface area contributed by atoms with Gasteiger partial charge in [0, 0.05) is 19.3 Å². The minimum absolute atomic E-state index is 0.0670. The van der Waals surface area contributed by atoms with E-state index in [4.69, 9.17) is 14.2 Å². The van der Waals surface area contributed by atoms with Crippen LogP contribution in [-0.2, 0) is 28.6 Å². The molecule has 0 aliphatic carbocycles. The minimum Gasteiger partial charge on any atom is -0.462 e. The van der Waals surface area contributed by atoms with Gasteiger partial charge in [0.1, 0.15) is 13.2 Å². The molecule has 0 aliphatic heterocycles. The maximum atomic E-state index is 12.5. The molecule has 0 N–H and O–H groups in total. The highest BCUT2D eigenvalue weighted by atomic mass is 16.6. The van der Waals surface area contributed by atoms with Crippen molar-refractivity contribution in [1.82, 2.24) is 0 Å². The van der Waals surface area contributed by atoms with Gasteiger partial charge in [0.15, 0.2) is 6.10 Å². The van der Waals surface area contributed by atoms with E-state index >= 15 is 0 Å². The molecule has 1 unspecified atom stereocenters. The summed E-state index contributed by atoms with van der Waals surface area (Å²) in [4.78, 5) is 37.3. The topological polar surface area (TPSA) is 78.9 Å². The van der Waals surface area contributed by atoms with Gasteiger partial charge in [-0.1, -0.05) is 195 Å². The molecule has 0 saturated heterocycles. The number of carbonyl (C=O) groups is 3. The highest BCUT2D eigenvalue weighted by molar-refractivity contribution is 5.71. The van der Waals surface area contributed by atoms with E-state index in [1.54, 1.807) is 0 Å². The van der Waals surface area contributed by atoms with Crippen molar-refractivity contribution in [2.75, 3.05) is 13.2 Å². The molecule has 0 radical (unpaired) electrons. The summed E-state index contributed by atoms with van der Waals surface area (Å²) < 4.78 is 16.6. The molecule has 0 heterocycles. The van der Waals surface area contributed by atoms with E-state index in [0.29, 0.717) is 19.3 Å². The van der Waals surface area contributed by atoms with Crippen molar-refractivity contribution >= 4 is 17.9 Å². The van der Waals surface area contributed by atoms with Crippen molar-refractivity contribution in [2.24, 2.45) is 11.8 Å². The van der Waals surface area contributed by atoms with Crippen LogP contribution in [-0.4, -0.2) is 37.2 Å². The summed E-state index contributed by atoms with van der Waals surface area (Å²) in [6, 6.07) is 0. The number of rotatable bonds is 38. The Hall–Kier alpha value is -1.59. The number of esters is 3. The van der Waals surface area contributed by atoms with Crippen LogP contribution in [0.2, 0.25) is 0 Å². The number of hydrogen-bond acceptors (Lipinski definition) is 6. The average molecular weight is 709 g/mol. The molecule has 2 atom stereocenters. The standard InChI is InChI=1S/C44H84O6/c1-6-8-9-22-31-36-44(47)50-41(38-49-43(46)35-30-26-21-20-24-28-33-40(5)7-2)37-48-42(45)34-29-25-19-17-15-13-11-10-12-14-16-18-23-27-32-39(3)4/h39-41H,6-38H2,1-5H3/t40?,41-/m1/s1. The van der Waals surface area contributed by atoms with Crippen molar-refractivity contribution < 1.29 is 28.6 Å². The van der Waals surface area contributed by atoms with Crippen LogP contribution in [0.1, 0.15) is 234 Å². The molecule has 0 spiro atoms. The zero-order valence-corrected chi connectivity index (χ0v) is 34.0. The molecular formula is C44H84O6. The van der Waals surface area contributed by atoms with Crippen LogP contribution in [0, 0.1) is 11.8 Å². The highest BCUT2D eigenvalue weighted by Crippen LogP contribution is 2.17. The number of hydrogen-bond donors (Lipinski definition) is 0. The number of ether oxygens (including phenoxy) is 3. The first-order valence-corrected chi connectivity index (χ1v) is 21.8. The largest absolute Gasteiger partial charge is 0.462 e. The lowest BCUT2D eigenvalue weighted by atomic mass is 10.00. The zero-order chi connectivity index (χ0) is 36.9. The van der Waals surface area contributed by atoms with Gasteiger partial charge in [-0.3, -0.25) is 14.4 Å². The lowest BCUT2D eigenvalue weighted by Crippen LogP contribution is -2.30. The summed E-state index contributed by atoms with van der Waals surface area (Å²) in [6.45, 7) is 11.2. The fraction of sp³-hybridized carbons (Fsp3) is 0.932. The second kappa shape index (κ2) is 37.2. The predicted octanol–water partition coefficient (Wildman–Crippen LogP) is 13.4. The van der Waals surface area contributed by atoms with E-state index in [0.717, 1.165) is 76.0 Å². The average Bonchev–Trinajstić information content (AvgIpc) is 3.09. The molecule has 6 nitrogen and oxygen atoms in total. The van der Waals surface area contributed by atoms with Gasteiger partial charge in [-0.15, -0.1) is 0 Å². The van der Waals surface area contributed by atoms with Gasteiger partial charge in [-0.25, -0.2) is 0 Å². The molecule has 0 amide bonds. The van der Waals surface area contributed by atoms with Crippen LogP contribution < -0.4 is 0 Å². The first-order chi connectivity index (χ1) is 24.3. The summed E-state index contributed by atoms with van der Waals surface area (Å²) >= 11 is 0. The molecule has 0 saturated carbocycles. The first-order valence-electron chi connectivity index (χ1n) is 21.8. The van der Waals surface area contributed by atoms with Gasteiger partial charge in [-0.05, 0) is 31.1 Å². The summed E-state index contributed by atoms with van der Waals surface area (Å²) in [5, 5.41) is 0. The Morgan fingerprint density at radius 2 is 0.760 bits per heavy atom. The van der Waals surface area contributed by atoms with Crippen molar-refractivity contribution in [3.63, 3.8) is 0 Å². The Morgan fingerprint density at radius 3 is 1.14 bits per heavy atom. The van der Waals surface area contributed by atoms with Crippen LogP contribution in [0.5, 0.6) is 0 Å². The van der Waals surface area contributed by atoms with Crippen molar-refractivity contribution in [2.45, 2.75) is 240 Å². The van der Waals surface area contributed by atoms with E-state index in [-0.39, 0.29) is 31.1 Å². The third-order valence-electron chi connectivity index (χ3n) is 10.1. The summed E-state index contributed by atoms with van der Waals surface area (Å²) in [6.07, 6.45) is 34.1. The molecule has 50 heavy (non-hydrogen) atoms. The first kappa shape index (κ1) is 48.4. The lowest BCUT2D eigenvalue weighted by molar-refractivity contribution is -0.167. The summed E-state index contributed by atoms with van der Waals surface area (Å²) in [5.41, 5.74) is 0. The van der Waals surface area contributed by atoms with Gasteiger partial charge >= 0.3 is 17.9 Å². The van der Waals surface area contributed by atoms with Gasteiger partial charge < -0.3 is 14.2 Å². The SMILES string of the molecule is CCCCCCCC(=O)O[C@H](COC(=O)CCCCCCCCCCCCCCCCC(C)C)COC(=O)CCCCCCCCC(C)CC.